The summed E-state index contributed by atoms with van der Waals surface area (Å²) in [6, 6.07) is 10.8. The van der Waals surface area contributed by atoms with Crippen molar-refractivity contribution in [1.82, 2.24) is 4.98 Å². The van der Waals surface area contributed by atoms with Crippen LogP contribution < -0.4 is 10.7 Å². The van der Waals surface area contributed by atoms with Crippen molar-refractivity contribution in [3.8, 4) is 11.3 Å². The number of benzene rings is 2. The monoisotopic (exact) mass is 478 g/mol. The van der Waals surface area contributed by atoms with Crippen LogP contribution in [0.15, 0.2) is 51.7 Å². The largest absolute Gasteiger partial charge is 0.476 e. The highest BCUT2D eigenvalue weighted by Gasteiger charge is 2.26. The van der Waals surface area contributed by atoms with Crippen molar-refractivity contribution >= 4 is 34.2 Å². The molecule has 2 aromatic heterocycles. The molecule has 0 aliphatic heterocycles. The van der Waals surface area contributed by atoms with E-state index in [4.69, 9.17) is 16.0 Å². The molecule has 0 saturated heterocycles. The molecule has 2 aromatic carbocycles. The molecule has 5 rings (SSSR count). The summed E-state index contributed by atoms with van der Waals surface area (Å²) in [4.78, 5) is 29.0. The number of aryl methyl sites for hydroxylation is 2. The minimum atomic E-state index is -1.21. The smallest absolute Gasteiger partial charge is 0.356 e. The van der Waals surface area contributed by atoms with Crippen molar-refractivity contribution < 1.29 is 18.7 Å². The number of halogens is 2. The van der Waals surface area contributed by atoms with Gasteiger partial charge in [0.05, 0.1) is 17.1 Å². The molecule has 0 fully saturated rings. The molecule has 34 heavy (non-hydrogen) atoms. The number of carboxylic acid groups (broad SMARTS) is 1. The number of aromatic carboxylic acids is 1. The Kier molecular flexibility index (Phi) is 5.37. The maximum absolute atomic E-state index is 13.8. The van der Waals surface area contributed by atoms with E-state index in [1.54, 1.807) is 18.2 Å². The van der Waals surface area contributed by atoms with Gasteiger partial charge >= 0.3 is 5.97 Å². The number of nitrogens with one attached hydrogen (secondary N) is 1. The van der Waals surface area contributed by atoms with Crippen LogP contribution in [-0.4, -0.2) is 16.1 Å². The average molecular weight is 479 g/mol. The van der Waals surface area contributed by atoms with Gasteiger partial charge in [0.2, 0.25) is 0 Å². The summed E-state index contributed by atoms with van der Waals surface area (Å²) in [5.74, 6) is -1.09. The molecule has 2 heterocycles. The molecule has 8 heteroatoms. The molecule has 1 aliphatic carbocycles. The third-order valence-electron chi connectivity index (χ3n) is 6.12. The quantitative estimate of drug-likeness (QED) is 0.353. The average Bonchev–Trinajstić information content (AvgIpc) is 2.79. The maximum Gasteiger partial charge on any atom is 0.356 e. The lowest BCUT2D eigenvalue weighted by molar-refractivity contribution is 0.0691. The van der Waals surface area contributed by atoms with Gasteiger partial charge in [-0.25, -0.2) is 14.2 Å². The Balaban J connectivity index is 1.68. The first-order chi connectivity index (χ1) is 16.2. The van der Waals surface area contributed by atoms with E-state index in [-0.39, 0.29) is 22.1 Å². The fourth-order valence-electron chi connectivity index (χ4n) is 4.56. The van der Waals surface area contributed by atoms with E-state index in [0.29, 0.717) is 51.9 Å². The Bertz CT molecular complexity index is 1550. The van der Waals surface area contributed by atoms with Gasteiger partial charge in [0, 0.05) is 16.7 Å². The van der Waals surface area contributed by atoms with Crippen molar-refractivity contribution in [3.05, 3.63) is 91.6 Å². The molecular weight excluding hydrogens is 459 g/mol. The van der Waals surface area contributed by atoms with Gasteiger partial charge in [0.15, 0.2) is 11.1 Å². The summed E-state index contributed by atoms with van der Waals surface area (Å²) < 4.78 is 20.1. The van der Waals surface area contributed by atoms with E-state index in [0.717, 1.165) is 11.1 Å². The Hall–Kier alpha value is -3.71. The molecular formula is C26H20ClFN2O4. The van der Waals surface area contributed by atoms with Crippen molar-refractivity contribution in [3.63, 3.8) is 0 Å². The third-order valence-corrected chi connectivity index (χ3v) is 6.33. The number of anilines is 1. The van der Waals surface area contributed by atoms with E-state index in [1.807, 2.05) is 19.9 Å². The molecule has 1 atom stereocenters. The Morgan fingerprint density at radius 3 is 2.76 bits per heavy atom. The number of rotatable bonds is 4. The Morgan fingerprint density at radius 1 is 1.21 bits per heavy atom. The lowest BCUT2D eigenvalue weighted by atomic mass is 9.88. The zero-order valence-corrected chi connectivity index (χ0v) is 19.2. The second kappa shape index (κ2) is 8.25. The number of hydrogen-bond donors (Lipinski definition) is 2. The normalized spacial score (nSPS) is 13.3. The van der Waals surface area contributed by atoms with E-state index in [2.05, 4.69) is 10.3 Å². The molecule has 1 unspecified atom stereocenters. The van der Waals surface area contributed by atoms with Gasteiger partial charge in [-0.2, -0.15) is 0 Å². The van der Waals surface area contributed by atoms with Crippen molar-refractivity contribution in [2.24, 2.45) is 0 Å². The summed E-state index contributed by atoms with van der Waals surface area (Å²) in [5.41, 5.74) is 4.04. The van der Waals surface area contributed by atoms with Gasteiger partial charge in [-0.1, -0.05) is 17.7 Å². The lowest BCUT2D eigenvalue weighted by Gasteiger charge is -2.22. The minimum absolute atomic E-state index is 0.0735. The standard InChI is InChI=1S/C26H20ClFN2O4/c1-12-9-18(13(2)29-20-7-8-21(27)30-22(20)26(32)33)25-19(10-12)23(31)17-5-3-14-11-15(28)4-6-16(14)24(17)34-25/h4,6-11,13,29H,3,5H2,1-2H3,(H,32,33). The highest BCUT2D eigenvalue weighted by atomic mass is 35.5. The maximum atomic E-state index is 13.8. The first-order valence-corrected chi connectivity index (χ1v) is 11.2. The second-order valence-corrected chi connectivity index (χ2v) is 8.86. The fraction of sp³-hybridized carbons (Fsp3) is 0.192. The summed E-state index contributed by atoms with van der Waals surface area (Å²) in [6.45, 7) is 3.73. The van der Waals surface area contributed by atoms with Gasteiger partial charge in [-0.3, -0.25) is 4.79 Å². The van der Waals surface area contributed by atoms with Gasteiger partial charge in [-0.05, 0) is 74.2 Å². The van der Waals surface area contributed by atoms with E-state index in [9.17, 15) is 19.1 Å². The minimum Gasteiger partial charge on any atom is -0.476 e. The Labute approximate surface area is 199 Å². The zero-order chi connectivity index (χ0) is 24.1. The summed E-state index contributed by atoms with van der Waals surface area (Å²) in [7, 11) is 0. The van der Waals surface area contributed by atoms with E-state index >= 15 is 0 Å². The van der Waals surface area contributed by atoms with Crippen LogP contribution in [0, 0.1) is 12.7 Å². The topological polar surface area (TPSA) is 92.4 Å². The summed E-state index contributed by atoms with van der Waals surface area (Å²) >= 11 is 5.87. The molecule has 0 radical (unpaired) electrons. The third kappa shape index (κ3) is 3.72. The highest BCUT2D eigenvalue weighted by molar-refractivity contribution is 6.29. The first kappa shape index (κ1) is 22.1. The van der Waals surface area contributed by atoms with Crippen LogP contribution >= 0.6 is 11.6 Å². The van der Waals surface area contributed by atoms with E-state index in [1.165, 1.54) is 18.2 Å². The number of hydrogen-bond acceptors (Lipinski definition) is 5. The number of aromatic nitrogens is 1. The van der Waals surface area contributed by atoms with Crippen LogP contribution in [0.1, 0.15) is 45.7 Å². The van der Waals surface area contributed by atoms with Crippen LogP contribution in [0.25, 0.3) is 22.3 Å². The molecule has 4 aromatic rings. The van der Waals surface area contributed by atoms with Crippen LogP contribution in [0.5, 0.6) is 0 Å². The highest BCUT2D eigenvalue weighted by Crippen LogP contribution is 2.37. The molecule has 0 saturated carbocycles. The predicted molar refractivity (Wildman–Crippen MR) is 128 cm³/mol. The van der Waals surface area contributed by atoms with Gasteiger partial charge < -0.3 is 14.8 Å². The van der Waals surface area contributed by atoms with Crippen LogP contribution in [0.4, 0.5) is 10.1 Å². The predicted octanol–water partition coefficient (Wildman–Crippen LogP) is 5.93. The van der Waals surface area contributed by atoms with Gasteiger partial charge in [-0.15, -0.1) is 0 Å². The molecule has 172 valence electrons. The van der Waals surface area contributed by atoms with Crippen LogP contribution in [0.3, 0.4) is 0 Å². The Morgan fingerprint density at radius 2 is 2.00 bits per heavy atom. The van der Waals surface area contributed by atoms with Crippen molar-refractivity contribution in [2.45, 2.75) is 32.7 Å². The second-order valence-electron chi connectivity index (χ2n) is 8.47. The lowest BCUT2D eigenvalue weighted by Crippen LogP contribution is -2.18. The summed E-state index contributed by atoms with van der Waals surface area (Å²) in [5, 5.41) is 13.2. The molecule has 0 spiro atoms. The van der Waals surface area contributed by atoms with Crippen LogP contribution in [-0.2, 0) is 12.8 Å². The number of carbonyl (C=O) groups is 1. The molecule has 2 N–H and O–H groups in total. The number of nitrogens with zero attached hydrogens (tertiary/aromatic N) is 1. The molecule has 0 bridgehead atoms. The SMILES string of the molecule is Cc1cc(C(C)Nc2ccc(Cl)nc2C(=O)O)c2oc3c(c(=O)c2c1)CCc1cc(F)ccc1-3. The summed E-state index contributed by atoms with van der Waals surface area (Å²) in [6.07, 6.45) is 1.04. The molecule has 1 aliphatic rings. The number of pyridine rings is 1. The molecule has 0 amide bonds. The van der Waals surface area contributed by atoms with Crippen LogP contribution in [0.2, 0.25) is 5.15 Å². The molecule has 6 nitrogen and oxygen atoms in total. The van der Waals surface area contributed by atoms with Crippen molar-refractivity contribution in [2.75, 3.05) is 5.32 Å². The van der Waals surface area contributed by atoms with E-state index < -0.39 is 12.0 Å². The fourth-order valence-corrected chi connectivity index (χ4v) is 4.70. The number of fused-ring (bicyclic) bond motifs is 4. The van der Waals surface area contributed by atoms with Crippen molar-refractivity contribution in [1.29, 1.82) is 0 Å². The zero-order valence-electron chi connectivity index (χ0n) is 18.4. The van der Waals surface area contributed by atoms with Gasteiger partial charge in [0.25, 0.3) is 0 Å². The first-order valence-electron chi connectivity index (χ1n) is 10.8. The van der Waals surface area contributed by atoms with Gasteiger partial charge in [0.1, 0.15) is 22.3 Å². The number of carboxylic acids is 1.